The molecule has 6 heteroatoms. The van der Waals surface area contributed by atoms with E-state index in [-0.39, 0.29) is 5.91 Å². The van der Waals surface area contributed by atoms with Crippen molar-refractivity contribution in [2.45, 2.75) is 32.7 Å². The lowest BCUT2D eigenvalue weighted by Gasteiger charge is -2.13. The van der Waals surface area contributed by atoms with Crippen LogP contribution in [-0.2, 0) is 4.79 Å². The number of thiazole rings is 1. The van der Waals surface area contributed by atoms with Crippen molar-refractivity contribution >= 4 is 22.9 Å². The van der Waals surface area contributed by atoms with E-state index in [1.807, 2.05) is 30.5 Å². The van der Waals surface area contributed by atoms with E-state index in [9.17, 15) is 4.79 Å². The molecule has 2 aliphatic rings. The van der Waals surface area contributed by atoms with Gasteiger partial charge in [-0.15, -0.1) is 11.3 Å². The van der Waals surface area contributed by atoms with E-state index in [2.05, 4.69) is 15.2 Å². The fourth-order valence-electron chi connectivity index (χ4n) is 3.02. The molecule has 2 fully saturated rings. The Bertz CT molecular complexity index is 785. The van der Waals surface area contributed by atoms with E-state index in [0.717, 1.165) is 34.5 Å². The van der Waals surface area contributed by atoms with Crippen LogP contribution in [0.1, 0.15) is 24.8 Å². The minimum atomic E-state index is -0.0989. The summed E-state index contributed by atoms with van der Waals surface area (Å²) in [5.74, 6) is 1.54. The van der Waals surface area contributed by atoms with Crippen molar-refractivity contribution in [2.75, 3.05) is 25.0 Å². The highest BCUT2D eigenvalue weighted by Gasteiger charge is 2.38. The van der Waals surface area contributed by atoms with Gasteiger partial charge in [0.15, 0.2) is 0 Å². The Hall–Kier alpha value is -1.92. The third kappa shape index (κ3) is 4.19. The fourth-order valence-corrected chi connectivity index (χ4v) is 3.64. The van der Waals surface area contributed by atoms with Crippen LogP contribution in [-0.4, -0.2) is 41.5 Å². The highest BCUT2D eigenvalue weighted by molar-refractivity contribution is 7.09. The van der Waals surface area contributed by atoms with Gasteiger partial charge in [-0.05, 0) is 43.9 Å². The van der Waals surface area contributed by atoms with Crippen LogP contribution >= 0.6 is 11.3 Å². The SMILES string of the molecule is CC(=O)Nc1cc(-c2csc(C)n2)ccc1OCC1CN1CC1CC1. The van der Waals surface area contributed by atoms with E-state index in [1.165, 1.54) is 26.3 Å². The molecule has 132 valence electrons. The molecule has 2 atom stereocenters. The average molecular weight is 357 g/mol. The van der Waals surface area contributed by atoms with Crippen LogP contribution in [0.25, 0.3) is 11.3 Å². The van der Waals surface area contributed by atoms with Crippen molar-refractivity contribution in [3.63, 3.8) is 0 Å². The minimum Gasteiger partial charge on any atom is -0.490 e. The zero-order chi connectivity index (χ0) is 17.4. The molecule has 0 bridgehead atoms. The number of nitrogens with zero attached hydrogens (tertiary/aromatic N) is 2. The molecule has 1 aromatic carbocycles. The standard InChI is InChI=1S/C19H23N3O2S/c1-12(23)20-17-7-15(18-11-25-13(2)21-18)5-6-19(17)24-10-16-9-22(16)8-14-3-4-14/h5-7,11,14,16H,3-4,8-10H2,1-2H3,(H,20,23). The van der Waals surface area contributed by atoms with Gasteiger partial charge >= 0.3 is 0 Å². The third-order valence-electron chi connectivity index (χ3n) is 4.65. The predicted molar refractivity (Wildman–Crippen MR) is 100 cm³/mol. The Morgan fingerprint density at radius 3 is 2.96 bits per heavy atom. The first-order valence-corrected chi connectivity index (χ1v) is 9.67. The van der Waals surface area contributed by atoms with Crippen LogP contribution in [0.3, 0.4) is 0 Å². The molecule has 1 saturated heterocycles. The van der Waals surface area contributed by atoms with Crippen LogP contribution in [0.15, 0.2) is 23.6 Å². The Kier molecular flexibility index (Phi) is 4.48. The zero-order valence-corrected chi connectivity index (χ0v) is 15.4. The van der Waals surface area contributed by atoms with Gasteiger partial charge < -0.3 is 10.1 Å². The lowest BCUT2D eigenvalue weighted by Crippen LogP contribution is -2.14. The molecule has 1 saturated carbocycles. The van der Waals surface area contributed by atoms with Crippen molar-refractivity contribution in [1.29, 1.82) is 0 Å². The zero-order valence-electron chi connectivity index (χ0n) is 14.6. The third-order valence-corrected chi connectivity index (χ3v) is 5.43. The summed E-state index contributed by atoms with van der Waals surface area (Å²) >= 11 is 1.62. The molecule has 1 aliphatic carbocycles. The monoisotopic (exact) mass is 357 g/mol. The molecule has 1 aromatic heterocycles. The Balaban J connectivity index is 1.45. The molecule has 1 aliphatic heterocycles. The van der Waals surface area contributed by atoms with Gasteiger partial charge in [-0.1, -0.05) is 0 Å². The highest BCUT2D eigenvalue weighted by atomic mass is 32.1. The van der Waals surface area contributed by atoms with Crippen molar-refractivity contribution < 1.29 is 9.53 Å². The fraction of sp³-hybridized carbons (Fsp3) is 0.474. The molecular weight excluding hydrogens is 334 g/mol. The Labute approximate surface area is 152 Å². The molecule has 2 aromatic rings. The van der Waals surface area contributed by atoms with Crippen molar-refractivity contribution in [3.8, 4) is 17.0 Å². The average Bonchev–Trinajstić information content (AvgIpc) is 3.48. The molecule has 1 amide bonds. The Morgan fingerprint density at radius 1 is 1.44 bits per heavy atom. The van der Waals surface area contributed by atoms with Gasteiger partial charge in [-0.25, -0.2) is 4.98 Å². The molecule has 1 N–H and O–H groups in total. The van der Waals surface area contributed by atoms with Crippen molar-refractivity contribution in [2.24, 2.45) is 5.92 Å². The largest absolute Gasteiger partial charge is 0.490 e. The van der Waals surface area contributed by atoms with Gasteiger partial charge in [0, 0.05) is 31.0 Å². The van der Waals surface area contributed by atoms with E-state index < -0.39 is 0 Å². The van der Waals surface area contributed by atoms with Crippen molar-refractivity contribution in [1.82, 2.24) is 9.88 Å². The lowest BCUT2D eigenvalue weighted by atomic mass is 10.1. The van der Waals surface area contributed by atoms with Gasteiger partial charge in [0.2, 0.25) is 5.91 Å². The quantitative estimate of drug-likeness (QED) is 0.770. The number of carbonyl (C=O) groups excluding carboxylic acids is 1. The second-order valence-corrected chi connectivity index (χ2v) is 8.07. The molecule has 2 heterocycles. The van der Waals surface area contributed by atoms with E-state index in [4.69, 9.17) is 4.74 Å². The van der Waals surface area contributed by atoms with Gasteiger partial charge in [-0.2, -0.15) is 0 Å². The number of hydrogen-bond donors (Lipinski definition) is 1. The smallest absolute Gasteiger partial charge is 0.221 e. The topological polar surface area (TPSA) is 54.2 Å². The first-order chi connectivity index (χ1) is 12.1. The Morgan fingerprint density at radius 2 is 2.28 bits per heavy atom. The molecule has 0 radical (unpaired) electrons. The second kappa shape index (κ2) is 6.77. The molecule has 4 rings (SSSR count). The molecule has 0 spiro atoms. The number of ether oxygens (including phenoxy) is 1. The number of carbonyl (C=O) groups is 1. The number of nitrogens with one attached hydrogen (secondary N) is 1. The van der Waals surface area contributed by atoms with E-state index >= 15 is 0 Å². The summed E-state index contributed by atoms with van der Waals surface area (Å²) in [6.07, 6.45) is 2.77. The number of rotatable bonds is 7. The molecule has 5 nitrogen and oxygen atoms in total. The summed E-state index contributed by atoms with van der Waals surface area (Å²) in [4.78, 5) is 18.6. The lowest BCUT2D eigenvalue weighted by molar-refractivity contribution is -0.114. The maximum atomic E-state index is 11.6. The number of aryl methyl sites for hydroxylation is 1. The molecule has 25 heavy (non-hydrogen) atoms. The van der Waals surface area contributed by atoms with Gasteiger partial charge in [0.05, 0.1) is 22.4 Å². The first-order valence-electron chi connectivity index (χ1n) is 8.79. The molecule has 2 unspecified atom stereocenters. The summed E-state index contributed by atoms with van der Waals surface area (Å²) in [5.41, 5.74) is 2.63. The predicted octanol–water partition coefficient (Wildman–Crippen LogP) is 3.55. The first kappa shape index (κ1) is 16.5. The number of amides is 1. The minimum absolute atomic E-state index is 0.0989. The van der Waals surface area contributed by atoms with Gasteiger partial charge in [-0.3, -0.25) is 9.69 Å². The number of hydrogen-bond acceptors (Lipinski definition) is 5. The summed E-state index contributed by atoms with van der Waals surface area (Å²) < 4.78 is 6.02. The summed E-state index contributed by atoms with van der Waals surface area (Å²) in [7, 11) is 0. The van der Waals surface area contributed by atoms with Crippen LogP contribution < -0.4 is 10.1 Å². The maximum Gasteiger partial charge on any atom is 0.221 e. The van der Waals surface area contributed by atoms with Crippen LogP contribution in [0.4, 0.5) is 5.69 Å². The van der Waals surface area contributed by atoms with E-state index in [0.29, 0.717) is 18.3 Å². The normalized spacial score (nSPS) is 21.8. The maximum absolute atomic E-state index is 11.6. The second-order valence-electron chi connectivity index (χ2n) is 7.01. The van der Waals surface area contributed by atoms with Crippen LogP contribution in [0.5, 0.6) is 5.75 Å². The van der Waals surface area contributed by atoms with E-state index in [1.54, 1.807) is 11.3 Å². The van der Waals surface area contributed by atoms with Crippen LogP contribution in [0.2, 0.25) is 0 Å². The number of anilines is 1. The highest BCUT2D eigenvalue weighted by Crippen LogP contribution is 2.35. The number of benzene rings is 1. The van der Waals surface area contributed by atoms with Crippen molar-refractivity contribution in [3.05, 3.63) is 28.6 Å². The summed E-state index contributed by atoms with van der Waals surface area (Å²) in [5, 5.41) is 5.95. The summed E-state index contributed by atoms with van der Waals surface area (Å²) in [6.45, 7) is 6.52. The van der Waals surface area contributed by atoms with Crippen LogP contribution in [0, 0.1) is 12.8 Å². The van der Waals surface area contributed by atoms with Gasteiger partial charge in [0.25, 0.3) is 0 Å². The number of aromatic nitrogens is 1. The summed E-state index contributed by atoms with van der Waals surface area (Å²) in [6, 6.07) is 6.40. The van der Waals surface area contributed by atoms with Gasteiger partial charge in [0.1, 0.15) is 12.4 Å². The molecular formula is C19H23N3O2S.